The minimum atomic E-state index is -0.438. The maximum atomic E-state index is 12.5. The summed E-state index contributed by atoms with van der Waals surface area (Å²) in [5.74, 6) is 0.918. The van der Waals surface area contributed by atoms with Crippen LogP contribution >= 0.6 is 12.4 Å². The Labute approximate surface area is 197 Å². The molecule has 1 aromatic heterocycles. The van der Waals surface area contributed by atoms with Gasteiger partial charge in [0.05, 0.1) is 0 Å². The summed E-state index contributed by atoms with van der Waals surface area (Å²) in [7, 11) is 0. The second-order valence-corrected chi connectivity index (χ2v) is 7.53. The Kier molecular flexibility index (Phi) is 6.55. The number of cyclic esters (lactones) is 1. The normalized spacial score (nSPS) is 17.7. The molecule has 0 saturated carbocycles. The Bertz CT molecular complexity index is 1240. The van der Waals surface area contributed by atoms with Crippen molar-refractivity contribution in [1.29, 1.82) is 0 Å². The summed E-state index contributed by atoms with van der Waals surface area (Å²) in [5, 5.41) is 2.07. The molecule has 0 amide bonds. The number of piperazine rings is 1. The molecule has 0 radical (unpaired) electrons. The highest BCUT2D eigenvalue weighted by Crippen LogP contribution is 2.24. The number of hydrogen-bond acceptors (Lipinski definition) is 6. The van der Waals surface area contributed by atoms with E-state index in [1.165, 1.54) is 0 Å². The summed E-state index contributed by atoms with van der Waals surface area (Å²) in [6, 6.07) is 19.4. The number of rotatable bonds is 3. The number of nitrogens with two attached hydrogens (primary N) is 1. The Morgan fingerprint density at radius 1 is 1.00 bits per heavy atom. The lowest BCUT2D eigenvalue weighted by atomic mass is 10.0. The van der Waals surface area contributed by atoms with Crippen molar-refractivity contribution >= 4 is 46.8 Å². The molecule has 3 heterocycles. The number of carbonyl (C=O) groups excluding carboxylic acids is 1. The Morgan fingerprint density at radius 2 is 1.76 bits per heavy atom. The van der Waals surface area contributed by atoms with E-state index in [4.69, 9.17) is 10.5 Å². The van der Waals surface area contributed by atoms with Crippen molar-refractivity contribution in [2.24, 2.45) is 15.7 Å². The first kappa shape index (κ1) is 22.3. The third-order valence-corrected chi connectivity index (χ3v) is 5.46. The maximum absolute atomic E-state index is 12.5. The Balaban J connectivity index is 0.00000259. The van der Waals surface area contributed by atoms with Crippen molar-refractivity contribution in [3.05, 3.63) is 84.3 Å². The zero-order chi connectivity index (χ0) is 21.9. The van der Waals surface area contributed by atoms with Crippen LogP contribution in [0.5, 0.6) is 0 Å². The third kappa shape index (κ3) is 4.80. The van der Waals surface area contributed by atoms with Crippen molar-refractivity contribution in [3.8, 4) is 0 Å². The fourth-order valence-electron chi connectivity index (χ4n) is 3.79. The molecule has 0 bridgehead atoms. The predicted molar refractivity (Wildman–Crippen MR) is 131 cm³/mol. The highest BCUT2D eigenvalue weighted by atomic mass is 35.5. The average molecular weight is 463 g/mol. The zero-order valence-corrected chi connectivity index (χ0v) is 18.6. The summed E-state index contributed by atoms with van der Waals surface area (Å²) in [4.78, 5) is 29.5. The molecule has 0 aliphatic carbocycles. The molecule has 0 unspecified atom stereocenters. The molecule has 8 nitrogen and oxygen atoms in total. The lowest BCUT2D eigenvalue weighted by Crippen LogP contribution is -2.49. The van der Waals surface area contributed by atoms with E-state index in [1.807, 2.05) is 65.6 Å². The number of ether oxygens (including phenoxy) is 1. The van der Waals surface area contributed by atoms with E-state index >= 15 is 0 Å². The van der Waals surface area contributed by atoms with Gasteiger partial charge in [-0.25, -0.2) is 14.8 Å². The lowest BCUT2D eigenvalue weighted by molar-refractivity contribution is -0.130. The summed E-state index contributed by atoms with van der Waals surface area (Å²) in [5.41, 5.74) is 7.26. The molecule has 5 rings (SSSR count). The quantitative estimate of drug-likeness (QED) is 0.278. The predicted octanol–water partition coefficient (Wildman–Crippen LogP) is 3.07. The minimum Gasteiger partial charge on any atom is -0.402 e. The number of halogens is 1. The molecule has 3 aromatic rings. The van der Waals surface area contributed by atoms with Gasteiger partial charge in [0.1, 0.15) is 0 Å². The topological polar surface area (TPSA) is 96.4 Å². The molecule has 9 heteroatoms. The molecule has 2 aliphatic heterocycles. The highest BCUT2D eigenvalue weighted by Gasteiger charge is 2.27. The van der Waals surface area contributed by atoms with E-state index in [0.29, 0.717) is 49.6 Å². The van der Waals surface area contributed by atoms with Gasteiger partial charge in [0.2, 0.25) is 5.90 Å². The number of benzene rings is 2. The molecular weight excluding hydrogens is 440 g/mol. The minimum absolute atomic E-state index is 0. The van der Waals surface area contributed by atoms with Crippen LogP contribution in [0.4, 0.5) is 5.82 Å². The molecule has 168 valence electrons. The monoisotopic (exact) mass is 462 g/mol. The smallest absolute Gasteiger partial charge is 0.365 e. The van der Waals surface area contributed by atoms with Gasteiger partial charge < -0.3 is 20.3 Å². The Morgan fingerprint density at radius 3 is 2.55 bits per heavy atom. The summed E-state index contributed by atoms with van der Waals surface area (Å²) in [6.45, 7) is 2.74. The summed E-state index contributed by atoms with van der Waals surface area (Å²) < 4.78 is 5.50. The van der Waals surface area contributed by atoms with Crippen LogP contribution in [0.3, 0.4) is 0 Å². The number of nitrogens with zero attached hydrogens (tertiary/aromatic N) is 5. The van der Waals surface area contributed by atoms with E-state index in [-0.39, 0.29) is 12.4 Å². The average Bonchev–Trinajstić information content (AvgIpc) is 3.19. The van der Waals surface area contributed by atoms with E-state index in [0.717, 1.165) is 16.3 Å². The van der Waals surface area contributed by atoms with Crippen molar-refractivity contribution in [2.75, 3.05) is 26.2 Å². The van der Waals surface area contributed by atoms with Crippen LogP contribution < -0.4 is 5.73 Å². The summed E-state index contributed by atoms with van der Waals surface area (Å²) in [6.07, 6.45) is 3.45. The summed E-state index contributed by atoms with van der Waals surface area (Å²) >= 11 is 0. The van der Waals surface area contributed by atoms with Crippen molar-refractivity contribution in [3.63, 3.8) is 0 Å². The van der Waals surface area contributed by atoms with E-state index in [9.17, 15) is 4.79 Å². The molecule has 2 N–H and O–H groups in total. The molecular formula is C24H23ClN6O2. The van der Waals surface area contributed by atoms with Crippen LogP contribution in [0.15, 0.2) is 88.7 Å². The van der Waals surface area contributed by atoms with Gasteiger partial charge in [-0.1, -0.05) is 42.5 Å². The highest BCUT2D eigenvalue weighted by molar-refractivity contribution is 6.16. The molecule has 33 heavy (non-hydrogen) atoms. The number of fused-ring (bicyclic) bond motifs is 1. The number of hydrogen-bond donors (Lipinski definition) is 1. The van der Waals surface area contributed by atoms with Gasteiger partial charge in [0.15, 0.2) is 17.5 Å². The van der Waals surface area contributed by atoms with Crippen LogP contribution in [-0.4, -0.2) is 58.8 Å². The second kappa shape index (κ2) is 9.70. The number of pyridine rings is 1. The number of esters is 1. The first-order chi connectivity index (χ1) is 15.7. The zero-order valence-electron chi connectivity index (χ0n) is 17.8. The van der Waals surface area contributed by atoms with Gasteiger partial charge in [-0.15, -0.1) is 12.4 Å². The molecule has 2 aliphatic rings. The van der Waals surface area contributed by atoms with Crippen LogP contribution in [0, 0.1) is 0 Å². The van der Waals surface area contributed by atoms with Gasteiger partial charge in [0.25, 0.3) is 0 Å². The number of aromatic nitrogens is 1. The maximum Gasteiger partial charge on any atom is 0.365 e. The SMILES string of the molecule is Cl.N/C(=N\c1ccccn1)N1CCN(C=C2N=C(c3cccc4ccccc34)OC2=O)CC1. The second-order valence-electron chi connectivity index (χ2n) is 7.53. The number of guanidine groups is 1. The van der Waals surface area contributed by atoms with Crippen LogP contribution in [0.25, 0.3) is 10.8 Å². The first-order valence-electron chi connectivity index (χ1n) is 10.4. The fourth-order valence-corrected chi connectivity index (χ4v) is 3.79. The fraction of sp³-hybridized carbons (Fsp3) is 0.167. The van der Waals surface area contributed by atoms with E-state index in [2.05, 4.69) is 19.9 Å². The molecule has 2 aromatic carbocycles. The molecule has 1 saturated heterocycles. The Hall–Kier alpha value is -3.91. The number of aliphatic imine (C=N–C) groups is 2. The van der Waals surface area contributed by atoms with Crippen LogP contribution in [-0.2, 0) is 9.53 Å². The first-order valence-corrected chi connectivity index (χ1v) is 10.4. The third-order valence-electron chi connectivity index (χ3n) is 5.46. The number of carbonyl (C=O) groups is 1. The van der Waals surface area contributed by atoms with Gasteiger partial charge in [-0.3, -0.25) is 0 Å². The van der Waals surface area contributed by atoms with Gasteiger partial charge in [0, 0.05) is 44.1 Å². The molecule has 1 fully saturated rings. The standard InChI is InChI=1S/C24H22N6O2.ClH/c25-24(28-21-10-3-4-11-26-21)30-14-12-29(13-15-30)16-20-23(31)32-22(27-20)19-9-5-7-17-6-1-2-8-18(17)19;/h1-11,16H,12-15H2,(H2,25,26,28);1H. The largest absolute Gasteiger partial charge is 0.402 e. The van der Waals surface area contributed by atoms with Crippen molar-refractivity contribution < 1.29 is 9.53 Å². The van der Waals surface area contributed by atoms with Crippen LogP contribution in [0.2, 0.25) is 0 Å². The molecule has 0 spiro atoms. The van der Waals surface area contributed by atoms with Crippen LogP contribution in [0.1, 0.15) is 5.56 Å². The van der Waals surface area contributed by atoms with Crippen molar-refractivity contribution in [1.82, 2.24) is 14.8 Å². The lowest BCUT2D eigenvalue weighted by Gasteiger charge is -2.34. The van der Waals surface area contributed by atoms with Gasteiger partial charge in [-0.2, -0.15) is 4.99 Å². The van der Waals surface area contributed by atoms with Gasteiger partial charge in [-0.05, 0) is 29.0 Å². The molecule has 0 atom stereocenters. The van der Waals surface area contributed by atoms with Crippen molar-refractivity contribution in [2.45, 2.75) is 0 Å². The van der Waals surface area contributed by atoms with Gasteiger partial charge >= 0.3 is 5.97 Å². The van der Waals surface area contributed by atoms with E-state index < -0.39 is 5.97 Å². The van der Waals surface area contributed by atoms with E-state index in [1.54, 1.807) is 12.4 Å².